The van der Waals surface area contributed by atoms with Crippen LogP contribution in [0.2, 0.25) is 0 Å². The van der Waals surface area contributed by atoms with Gasteiger partial charge in [-0.1, -0.05) is 26.2 Å². The smallest absolute Gasteiger partial charge is 0.323 e. The van der Waals surface area contributed by atoms with Crippen molar-refractivity contribution in [2.45, 2.75) is 46.0 Å². The van der Waals surface area contributed by atoms with Crippen molar-refractivity contribution in [1.82, 2.24) is 0 Å². The van der Waals surface area contributed by atoms with E-state index in [9.17, 15) is 4.79 Å². The third kappa shape index (κ3) is 3.52. The van der Waals surface area contributed by atoms with Gasteiger partial charge in [-0.3, -0.25) is 4.79 Å². The van der Waals surface area contributed by atoms with E-state index in [-0.39, 0.29) is 11.9 Å². The molecular formula is C13H21NO2. The number of hydrogen-bond donors (Lipinski definition) is 0. The van der Waals surface area contributed by atoms with Crippen LogP contribution < -0.4 is 0 Å². The van der Waals surface area contributed by atoms with E-state index in [0.717, 1.165) is 31.6 Å². The molecule has 90 valence electrons. The number of ether oxygens (including phenoxy) is 1. The van der Waals surface area contributed by atoms with Gasteiger partial charge in [0.1, 0.15) is 5.92 Å². The molecule has 3 heteroatoms. The molecule has 0 aromatic heterocycles. The summed E-state index contributed by atoms with van der Waals surface area (Å²) in [4.78, 5) is 11.6. The highest BCUT2D eigenvalue weighted by Gasteiger charge is 2.30. The molecule has 0 saturated heterocycles. The first-order valence-electron chi connectivity index (χ1n) is 6.25. The third-order valence-electron chi connectivity index (χ3n) is 3.45. The summed E-state index contributed by atoms with van der Waals surface area (Å²) in [6.07, 6.45) is 5.45. The zero-order valence-corrected chi connectivity index (χ0v) is 10.2. The maximum Gasteiger partial charge on any atom is 0.323 e. The van der Waals surface area contributed by atoms with Gasteiger partial charge in [0.15, 0.2) is 0 Å². The Labute approximate surface area is 97.8 Å². The van der Waals surface area contributed by atoms with E-state index in [2.05, 4.69) is 13.0 Å². The molecule has 0 spiro atoms. The molecule has 0 aromatic carbocycles. The van der Waals surface area contributed by atoms with Crippen molar-refractivity contribution >= 4 is 5.97 Å². The van der Waals surface area contributed by atoms with E-state index < -0.39 is 5.92 Å². The lowest BCUT2D eigenvalue weighted by Crippen LogP contribution is -2.24. The van der Waals surface area contributed by atoms with Crippen LogP contribution in [0.25, 0.3) is 0 Å². The van der Waals surface area contributed by atoms with Crippen LogP contribution in [0.3, 0.4) is 0 Å². The molecule has 1 aliphatic carbocycles. The summed E-state index contributed by atoms with van der Waals surface area (Å²) < 4.78 is 4.95. The summed E-state index contributed by atoms with van der Waals surface area (Å²) in [5.74, 6) is 0.0512. The van der Waals surface area contributed by atoms with Gasteiger partial charge in [0.2, 0.25) is 0 Å². The van der Waals surface area contributed by atoms with Gasteiger partial charge < -0.3 is 4.74 Å². The maximum atomic E-state index is 11.6. The Morgan fingerprint density at radius 1 is 1.44 bits per heavy atom. The van der Waals surface area contributed by atoms with Crippen LogP contribution in [0.1, 0.15) is 46.0 Å². The predicted molar refractivity (Wildman–Crippen MR) is 61.5 cm³/mol. The van der Waals surface area contributed by atoms with E-state index >= 15 is 0 Å². The van der Waals surface area contributed by atoms with Crippen LogP contribution in [0.4, 0.5) is 0 Å². The average molecular weight is 223 g/mol. The molecule has 0 radical (unpaired) electrons. The average Bonchev–Trinajstić information content (AvgIpc) is 2.46. The highest BCUT2D eigenvalue weighted by atomic mass is 16.5. The molecule has 0 amide bonds. The second-order valence-electron chi connectivity index (χ2n) is 4.73. The number of nitriles is 1. The third-order valence-corrected chi connectivity index (χ3v) is 3.45. The summed E-state index contributed by atoms with van der Waals surface area (Å²) in [7, 11) is 0. The molecule has 3 nitrogen and oxygen atoms in total. The summed E-state index contributed by atoms with van der Waals surface area (Å²) in [5, 5.41) is 9.08. The number of nitrogens with zero attached hydrogens (tertiary/aromatic N) is 1. The van der Waals surface area contributed by atoms with Crippen LogP contribution in [0.5, 0.6) is 0 Å². The minimum Gasteiger partial charge on any atom is -0.465 e. The Bertz CT molecular complexity index is 270. The molecule has 0 aromatic rings. The lowest BCUT2D eigenvalue weighted by molar-refractivity contribution is -0.147. The zero-order chi connectivity index (χ0) is 12.0. The molecule has 1 rings (SSSR count). The highest BCUT2D eigenvalue weighted by Crippen LogP contribution is 2.32. The summed E-state index contributed by atoms with van der Waals surface area (Å²) in [6.45, 7) is 4.38. The van der Waals surface area contributed by atoms with Crippen molar-refractivity contribution in [2.75, 3.05) is 6.61 Å². The van der Waals surface area contributed by atoms with Gasteiger partial charge >= 0.3 is 5.97 Å². The van der Waals surface area contributed by atoms with Gasteiger partial charge in [-0.25, -0.2) is 0 Å². The molecule has 16 heavy (non-hydrogen) atoms. The zero-order valence-electron chi connectivity index (χ0n) is 10.2. The van der Waals surface area contributed by atoms with Gasteiger partial charge in [-0.05, 0) is 31.6 Å². The van der Waals surface area contributed by atoms with Crippen LogP contribution in [-0.2, 0) is 9.53 Å². The summed E-state index contributed by atoms with van der Waals surface area (Å²) in [6, 6.07) is 2.12. The monoisotopic (exact) mass is 223 g/mol. The Morgan fingerprint density at radius 3 is 2.81 bits per heavy atom. The van der Waals surface area contributed by atoms with E-state index in [1.807, 2.05) is 0 Å². The van der Waals surface area contributed by atoms with Crippen LogP contribution in [0, 0.1) is 29.1 Å². The quantitative estimate of drug-likeness (QED) is 0.546. The van der Waals surface area contributed by atoms with Crippen molar-refractivity contribution in [1.29, 1.82) is 5.26 Å². The van der Waals surface area contributed by atoms with Gasteiger partial charge in [-0.2, -0.15) is 5.26 Å². The van der Waals surface area contributed by atoms with Crippen LogP contribution in [-0.4, -0.2) is 12.6 Å². The number of hydrogen-bond acceptors (Lipinski definition) is 3. The first-order valence-corrected chi connectivity index (χ1v) is 6.25. The van der Waals surface area contributed by atoms with Crippen molar-refractivity contribution in [3.05, 3.63) is 0 Å². The fourth-order valence-corrected chi connectivity index (χ4v) is 2.43. The SMILES string of the molecule is CCOC(=O)[C@@H](C#N)[C@@H]1CCC[C@H](C)CC1. The van der Waals surface area contributed by atoms with Gasteiger partial charge in [0, 0.05) is 0 Å². The second-order valence-corrected chi connectivity index (χ2v) is 4.73. The molecule has 0 unspecified atom stereocenters. The lowest BCUT2D eigenvalue weighted by atomic mass is 9.87. The Morgan fingerprint density at radius 2 is 2.19 bits per heavy atom. The number of carbonyl (C=O) groups excluding carboxylic acids is 1. The Kier molecular flexibility index (Phi) is 5.31. The highest BCUT2D eigenvalue weighted by molar-refractivity contribution is 5.75. The maximum absolute atomic E-state index is 11.6. The first kappa shape index (κ1) is 13.0. The summed E-state index contributed by atoms with van der Waals surface area (Å²) in [5.41, 5.74) is 0. The van der Waals surface area contributed by atoms with Crippen molar-refractivity contribution < 1.29 is 9.53 Å². The van der Waals surface area contributed by atoms with E-state index in [1.165, 1.54) is 6.42 Å². The van der Waals surface area contributed by atoms with Gasteiger partial charge in [-0.15, -0.1) is 0 Å². The molecule has 0 N–H and O–H groups in total. The summed E-state index contributed by atoms with van der Waals surface area (Å²) >= 11 is 0. The number of carbonyl (C=O) groups is 1. The molecule has 1 aliphatic rings. The van der Waals surface area contributed by atoms with Crippen LogP contribution >= 0.6 is 0 Å². The normalized spacial score (nSPS) is 27.6. The van der Waals surface area contributed by atoms with E-state index in [4.69, 9.17) is 10.00 Å². The molecule has 3 atom stereocenters. The standard InChI is InChI=1S/C13H21NO2/c1-3-16-13(15)12(9-14)11-6-4-5-10(2)7-8-11/h10-12H,3-8H2,1-2H3/t10-,11+,12-/m0/s1. The lowest BCUT2D eigenvalue weighted by Gasteiger charge is -2.18. The molecule has 0 aliphatic heterocycles. The predicted octanol–water partition coefficient (Wildman–Crippen LogP) is 2.91. The van der Waals surface area contributed by atoms with Gasteiger partial charge in [0.05, 0.1) is 12.7 Å². The topological polar surface area (TPSA) is 50.1 Å². The minimum absolute atomic E-state index is 0.203. The number of esters is 1. The fourth-order valence-electron chi connectivity index (χ4n) is 2.43. The molecule has 1 saturated carbocycles. The van der Waals surface area contributed by atoms with E-state index in [1.54, 1.807) is 6.92 Å². The van der Waals surface area contributed by atoms with E-state index in [0.29, 0.717) is 6.61 Å². The molecule has 0 heterocycles. The number of rotatable bonds is 3. The second kappa shape index (κ2) is 6.52. The molecular weight excluding hydrogens is 202 g/mol. The van der Waals surface area contributed by atoms with Crippen LogP contribution in [0.15, 0.2) is 0 Å². The molecule has 0 bridgehead atoms. The fraction of sp³-hybridized carbons (Fsp3) is 0.846. The van der Waals surface area contributed by atoms with Crippen molar-refractivity contribution in [2.24, 2.45) is 17.8 Å². The minimum atomic E-state index is -0.551. The largest absolute Gasteiger partial charge is 0.465 e. The van der Waals surface area contributed by atoms with Gasteiger partial charge in [0.25, 0.3) is 0 Å². The van der Waals surface area contributed by atoms with Crippen molar-refractivity contribution in [3.8, 4) is 6.07 Å². The molecule has 1 fully saturated rings. The Hall–Kier alpha value is -1.04. The Balaban J connectivity index is 2.58. The van der Waals surface area contributed by atoms with Crippen molar-refractivity contribution in [3.63, 3.8) is 0 Å². The first-order chi connectivity index (χ1) is 7.69.